The molecule has 0 bridgehead atoms. The Morgan fingerprint density at radius 1 is 1.00 bits per heavy atom. The van der Waals surface area contributed by atoms with E-state index in [1.807, 2.05) is 6.92 Å². The van der Waals surface area contributed by atoms with Crippen molar-refractivity contribution in [1.29, 1.82) is 0 Å². The summed E-state index contributed by atoms with van der Waals surface area (Å²) in [5.74, 6) is 0.387. The van der Waals surface area contributed by atoms with Gasteiger partial charge >= 0.3 is 5.97 Å². The zero-order valence-electron chi connectivity index (χ0n) is 14.1. The topological polar surface area (TPSA) is 26.3 Å². The number of benzene rings is 2. The number of rotatable bonds is 5. The lowest BCUT2D eigenvalue weighted by Gasteiger charge is -2.20. The van der Waals surface area contributed by atoms with Crippen LogP contribution in [0, 0.1) is 11.8 Å². The third kappa shape index (κ3) is 2.90. The van der Waals surface area contributed by atoms with Crippen LogP contribution >= 0.6 is 0 Å². The van der Waals surface area contributed by atoms with E-state index in [9.17, 15) is 4.79 Å². The van der Waals surface area contributed by atoms with Gasteiger partial charge in [0.15, 0.2) is 0 Å². The first kappa shape index (κ1) is 15.8. The minimum absolute atomic E-state index is 0.0121. The van der Waals surface area contributed by atoms with Crippen molar-refractivity contribution in [3.8, 4) is 11.1 Å². The Morgan fingerprint density at radius 2 is 1.52 bits per heavy atom. The van der Waals surface area contributed by atoms with Crippen molar-refractivity contribution in [2.24, 2.45) is 11.8 Å². The Hall–Kier alpha value is -2.09. The van der Waals surface area contributed by atoms with Gasteiger partial charge in [0.05, 0.1) is 5.92 Å². The molecule has 23 heavy (non-hydrogen) atoms. The smallest absolute Gasteiger partial charge is 0.309 e. The minimum atomic E-state index is -0.0654. The standard InChI is InChI=1S/C21H24O2/c1-4-15(14(2)3)21(22)23-13-20-18-11-7-5-9-16(18)17-10-6-8-12-19(17)20/h5-12,14-15,20H,4,13H2,1-3H3. The van der Waals surface area contributed by atoms with E-state index in [1.165, 1.54) is 22.3 Å². The minimum Gasteiger partial charge on any atom is -0.464 e. The normalized spacial score (nSPS) is 14.4. The van der Waals surface area contributed by atoms with Crippen LogP contribution < -0.4 is 0 Å². The van der Waals surface area contributed by atoms with Crippen molar-refractivity contribution in [3.63, 3.8) is 0 Å². The number of esters is 1. The van der Waals surface area contributed by atoms with Gasteiger partial charge in [-0.15, -0.1) is 0 Å². The average molecular weight is 308 g/mol. The van der Waals surface area contributed by atoms with Gasteiger partial charge in [0.25, 0.3) is 0 Å². The first-order valence-corrected chi connectivity index (χ1v) is 8.48. The molecule has 1 aliphatic carbocycles. The first-order valence-electron chi connectivity index (χ1n) is 8.48. The van der Waals surface area contributed by atoms with Gasteiger partial charge in [0, 0.05) is 5.92 Å². The molecule has 3 rings (SSSR count). The summed E-state index contributed by atoms with van der Waals surface area (Å²) in [4.78, 5) is 12.4. The van der Waals surface area contributed by atoms with E-state index in [1.54, 1.807) is 0 Å². The lowest BCUT2D eigenvalue weighted by Crippen LogP contribution is -2.24. The fourth-order valence-electron chi connectivity index (χ4n) is 3.62. The van der Waals surface area contributed by atoms with E-state index >= 15 is 0 Å². The van der Waals surface area contributed by atoms with E-state index in [2.05, 4.69) is 62.4 Å². The monoisotopic (exact) mass is 308 g/mol. The number of ether oxygens (including phenoxy) is 1. The number of fused-ring (bicyclic) bond motifs is 3. The van der Waals surface area contributed by atoms with E-state index in [0.29, 0.717) is 12.5 Å². The second-order valence-electron chi connectivity index (χ2n) is 6.62. The Kier molecular flexibility index (Phi) is 4.51. The number of hydrogen-bond acceptors (Lipinski definition) is 2. The molecule has 1 atom stereocenters. The molecular weight excluding hydrogens is 284 g/mol. The van der Waals surface area contributed by atoms with Gasteiger partial charge in [-0.1, -0.05) is 69.3 Å². The van der Waals surface area contributed by atoms with Gasteiger partial charge in [0.2, 0.25) is 0 Å². The maximum Gasteiger partial charge on any atom is 0.309 e. The number of carbonyl (C=O) groups is 1. The molecule has 0 spiro atoms. The number of carbonyl (C=O) groups excluding carboxylic acids is 1. The molecule has 0 aliphatic heterocycles. The van der Waals surface area contributed by atoms with Crippen molar-refractivity contribution in [1.82, 2.24) is 0 Å². The fraction of sp³-hybridized carbons (Fsp3) is 0.381. The zero-order valence-corrected chi connectivity index (χ0v) is 14.1. The highest BCUT2D eigenvalue weighted by Gasteiger charge is 2.30. The fourth-order valence-corrected chi connectivity index (χ4v) is 3.62. The second kappa shape index (κ2) is 6.57. The van der Waals surface area contributed by atoms with Gasteiger partial charge in [0.1, 0.15) is 6.61 Å². The van der Waals surface area contributed by atoms with Crippen molar-refractivity contribution < 1.29 is 9.53 Å². The summed E-state index contributed by atoms with van der Waals surface area (Å²) in [5.41, 5.74) is 5.05. The zero-order chi connectivity index (χ0) is 16.4. The predicted molar refractivity (Wildman–Crippen MR) is 93.3 cm³/mol. The average Bonchev–Trinajstić information content (AvgIpc) is 2.87. The van der Waals surface area contributed by atoms with Crippen LogP contribution in [0.1, 0.15) is 44.2 Å². The molecule has 2 aromatic carbocycles. The van der Waals surface area contributed by atoms with Crippen LogP contribution in [0.15, 0.2) is 48.5 Å². The summed E-state index contributed by atoms with van der Waals surface area (Å²) in [6, 6.07) is 16.8. The quantitative estimate of drug-likeness (QED) is 0.725. The summed E-state index contributed by atoms with van der Waals surface area (Å²) in [6.07, 6.45) is 0.828. The van der Waals surface area contributed by atoms with Crippen molar-refractivity contribution >= 4 is 5.97 Å². The molecular formula is C21H24O2. The highest BCUT2D eigenvalue weighted by Crippen LogP contribution is 2.44. The largest absolute Gasteiger partial charge is 0.464 e. The molecule has 0 saturated heterocycles. The lowest BCUT2D eigenvalue weighted by molar-refractivity contribution is -0.150. The Labute approximate surface area is 138 Å². The Morgan fingerprint density at radius 3 is 2.00 bits per heavy atom. The van der Waals surface area contributed by atoms with Crippen LogP contribution in [0.4, 0.5) is 0 Å². The van der Waals surface area contributed by atoms with Crippen LogP contribution in [0.25, 0.3) is 11.1 Å². The Balaban J connectivity index is 1.82. The molecule has 1 unspecified atom stereocenters. The van der Waals surface area contributed by atoms with Crippen molar-refractivity contribution in [2.75, 3.05) is 6.61 Å². The van der Waals surface area contributed by atoms with E-state index < -0.39 is 0 Å². The highest BCUT2D eigenvalue weighted by molar-refractivity contribution is 5.79. The van der Waals surface area contributed by atoms with Crippen LogP contribution in [-0.2, 0) is 9.53 Å². The molecule has 0 radical (unpaired) electrons. The van der Waals surface area contributed by atoms with Crippen LogP contribution in [0.3, 0.4) is 0 Å². The molecule has 0 saturated carbocycles. The van der Waals surface area contributed by atoms with Gasteiger partial charge < -0.3 is 4.74 Å². The van der Waals surface area contributed by atoms with Crippen molar-refractivity contribution in [3.05, 3.63) is 59.7 Å². The third-order valence-corrected chi connectivity index (χ3v) is 4.90. The molecule has 0 aromatic heterocycles. The van der Waals surface area contributed by atoms with E-state index in [4.69, 9.17) is 4.74 Å². The highest BCUT2D eigenvalue weighted by atomic mass is 16.5. The van der Waals surface area contributed by atoms with Gasteiger partial charge in [-0.25, -0.2) is 0 Å². The summed E-state index contributed by atoms with van der Waals surface area (Å²) in [5, 5.41) is 0. The summed E-state index contributed by atoms with van der Waals surface area (Å²) in [7, 11) is 0. The Bertz CT molecular complexity index is 657. The van der Waals surface area contributed by atoms with E-state index in [0.717, 1.165) is 6.42 Å². The molecule has 0 heterocycles. The summed E-state index contributed by atoms with van der Waals surface area (Å²) < 4.78 is 5.72. The molecule has 120 valence electrons. The first-order chi connectivity index (χ1) is 11.1. The molecule has 0 fully saturated rings. The summed E-state index contributed by atoms with van der Waals surface area (Å²) in [6.45, 7) is 6.63. The van der Waals surface area contributed by atoms with E-state index in [-0.39, 0.29) is 17.8 Å². The molecule has 2 nitrogen and oxygen atoms in total. The molecule has 0 amide bonds. The predicted octanol–water partition coefficient (Wildman–Crippen LogP) is 5.02. The maximum atomic E-state index is 12.4. The maximum absolute atomic E-state index is 12.4. The van der Waals surface area contributed by atoms with Crippen LogP contribution in [0.2, 0.25) is 0 Å². The molecule has 2 aromatic rings. The SMILES string of the molecule is CCC(C(=O)OCC1c2ccccc2-c2ccccc21)C(C)C. The molecule has 1 aliphatic rings. The van der Waals surface area contributed by atoms with Crippen LogP contribution in [0.5, 0.6) is 0 Å². The van der Waals surface area contributed by atoms with Crippen LogP contribution in [-0.4, -0.2) is 12.6 Å². The third-order valence-electron chi connectivity index (χ3n) is 4.90. The lowest BCUT2D eigenvalue weighted by atomic mass is 9.93. The molecule has 0 N–H and O–H groups in total. The molecule has 2 heteroatoms. The second-order valence-corrected chi connectivity index (χ2v) is 6.62. The van der Waals surface area contributed by atoms with Gasteiger partial charge in [-0.2, -0.15) is 0 Å². The van der Waals surface area contributed by atoms with Gasteiger partial charge in [-0.05, 0) is 34.6 Å². The summed E-state index contributed by atoms with van der Waals surface area (Å²) >= 11 is 0. The number of hydrogen-bond donors (Lipinski definition) is 0. The van der Waals surface area contributed by atoms with Crippen molar-refractivity contribution in [2.45, 2.75) is 33.1 Å². The van der Waals surface area contributed by atoms with Gasteiger partial charge in [-0.3, -0.25) is 4.79 Å².